The van der Waals surface area contributed by atoms with Crippen molar-refractivity contribution in [3.63, 3.8) is 0 Å². The number of aryl methyl sites for hydroxylation is 1. The van der Waals surface area contributed by atoms with Crippen LogP contribution in [0.4, 0.5) is 4.39 Å². The van der Waals surface area contributed by atoms with Gasteiger partial charge in [-0.1, -0.05) is 12.1 Å². The molecule has 2 nitrogen and oxygen atoms in total. The second kappa shape index (κ2) is 3.59. The van der Waals surface area contributed by atoms with Gasteiger partial charge in [0.25, 0.3) is 0 Å². The third-order valence-corrected chi connectivity index (χ3v) is 3.49. The number of fused-ring (bicyclic) bond motifs is 1. The highest BCUT2D eigenvalue weighted by Crippen LogP contribution is 2.33. The van der Waals surface area contributed by atoms with E-state index in [1.54, 1.807) is 6.07 Å². The Morgan fingerprint density at radius 1 is 1.38 bits per heavy atom. The Hall–Kier alpha value is -1.35. The molecule has 1 atom stereocenters. The Kier molecular flexibility index (Phi) is 2.21. The molecule has 0 amide bonds. The predicted molar refractivity (Wildman–Crippen MR) is 63.2 cm³/mol. The summed E-state index contributed by atoms with van der Waals surface area (Å²) in [7, 11) is 0. The number of nitrogens with one attached hydrogen (secondary N) is 2. The second-order valence-electron chi connectivity index (χ2n) is 4.52. The largest absolute Gasteiger partial charge is 0.356 e. The summed E-state index contributed by atoms with van der Waals surface area (Å²) in [5.41, 5.74) is 3.05. The first-order valence-electron chi connectivity index (χ1n) is 5.75. The number of aromatic amines is 1. The van der Waals surface area contributed by atoms with E-state index in [9.17, 15) is 4.39 Å². The lowest BCUT2D eigenvalue weighted by Gasteiger charge is -2.08. The average Bonchev–Trinajstić information content (AvgIpc) is 2.85. The summed E-state index contributed by atoms with van der Waals surface area (Å²) in [6.07, 6.45) is 1.14. The van der Waals surface area contributed by atoms with Crippen LogP contribution in [0, 0.1) is 12.7 Å². The van der Waals surface area contributed by atoms with Crippen molar-refractivity contribution in [3.05, 3.63) is 35.3 Å². The lowest BCUT2D eigenvalue weighted by atomic mass is 9.95. The van der Waals surface area contributed by atoms with E-state index < -0.39 is 0 Å². The van der Waals surface area contributed by atoms with Crippen molar-refractivity contribution in [2.45, 2.75) is 19.3 Å². The van der Waals surface area contributed by atoms with E-state index >= 15 is 0 Å². The smallest absolute Gasteiger partial charge is 0.147 e. The van der Waals surface area contributed by atoms with Gasteiger partial charge in [0.15, 0.2) is 0 Å². The van der Waals surface area contributed by atoms with Crippen LogP contribution in [0.25, 0.3) is 10.9 Å². The van der Waals surface area contributed by atoms with Crippen molar-refractivity contribution in [3.8, 4) is 0 Å². The molecule has 84 valence electrons. The van der Waals surface area contributed by atoms with Gasteiger partial charge in [-0.25, -0.2) is 4.39 Å². The lowest BCUT2D eigenvalue weighted by Crippen LogP contribution is -2.08. The van der Waals surface area contributed by atoms with E-state index in [0.29, 0.717) is 11.4 Å². The van der Waals surface area contributed by atoms with Crippen LogP contribution in [0.15, 0.2) is 18.2 Å². The maximum atomic E-state index is 13.6. The number of H-pyrrole nitrogens is 1. The van der Waals surface area contributed by atoms with E-state index in [2.05, 4.69) is 10.3 Å². The van der Waals surface area contributed by atoms with E-state index in [4.69, 9.17) is 0 Å². The summed E-state index contributed by atoms with van der Waals surface area (Å²) in [6.45, 7) is 4.10. The summed E-state index contributed by atoms with van der Waals surface area (Å²) in [5.74, 6) is 0.369. The summed E-state index contributed by atoms with van der Waals surface area (Å²) < 4.78 is 13.6. The van der Waals surface area contributed by atoms with Gasteiger partial charge in [-0.3, -0.25) is 0 Å². The standard InChI is InChI=1S/C13H15FN2/c1-8-12(9-5-6-15-7-9)10-3-2-4-11(14)13(10)16-8/h2-4,9,15-16H,5-7H2,1H3. The lowest BCUT2D eigenvalue weighted by molar-refractivity contribution is 0.637. The van der Waals surface area contributed by atoms with Crippen LogP contribution < -0.4 is 5.32 Å². The molecular formula is C13H15FN2. The zero-order chi connectivity index (χ0) is 11.1. The molecule has 1 saturated heterocycles. The number of aromatic nitrogens is 1. The summed E-state index contributed by atoms with van der Waals surface area (Å²) in [5, 5.41) is 4.41. The highest BCUT2D eigenvalue weighted by molar-refractivity contribution is 5.85. The molecule has 1 aliphatic rings. The van der Waals surface area contributed by atoms with Crippen LogP contribution in [-0.2, 0) is 0 Å². The Labute approximate surface area is 93.9 Å². The fourth-order valence-electron chi connectivity index (χ4n) is 2.76. The van der Waals surface area contributed by atoms with E-state index in [0.717, 1.165) is 30.6 Å². The first-order valence-corrected chi connectivity index (χ1v) is 5.75. The zero-order valence-corrected chi connectivity index (χ0v) is 9.31. The van der Waals surface area contributed by atoms with Crippen LogP contribution in [0.1, 0.15) is 23.6 Å². The molecular weight excluding hydrogens is 203 g/mol. The Morgan fingerprint density at radius 3 is 3.00 bits per heavy atom. The minimum absolute atomic E-state index is 0.155. The molecule has 16 heavy (non-hydrogen) atoms. The monoisotopic (exact) mass is 218 g/mol. The number of halogens is 1. The molecule has 3 rings (SSSR count). The van der Waals surface area contributed by atoms with Crippen LogP contribution in [0.2, 0.25) is 0 Å². The molecule has 0 spiro atoms. The molecule has 3 heteroatoms. The Balaban J connectivity index is 2.22. The van der Waals surface area contributed by atoms with Gasteiger partial charge < -0.3 is 10.3 Å². The second-order valence-corrected chi connectivity index (χ2v) is 4.52. The van der Waals surface area contributed by atoms with Crippen molar-refractivity contribution in [1.29, 1.82) is 0 Å². The molecule has 1 unspecified atom stereocenters. The van der Waals surface area contributed by atoms with Crippen LogP contribution in [-0.4, -0.2) is 18.1 Å². The maximum absolute atomic E-state index is 13.6. The fraction of sp³-hybridized carbons (Fsp3) is 0.385. The quantitative estimate of drug-likeness (QED) is 0.756. The molecule has 2 aromatic rings. The third kappa shape index (κ3) is 1.35. The van der Waals surface area contributed by atoms with Crippen molar-refractivity contribution >= 4 is 10.9 Å². The van der Waals surface area contributed by atoms with Gasteiger partial charge in [0.05, 0.1) is 5.52 Å². The first kappa shape index (κ1) is 9.85. The molecule has 0 saturated carbocycles. The third-order valence-electron chi connectivity index (χ3n) is 3.49. The highest BCUT2D eigenvalue weighted by atomic mass is 19.1. The minimum Gasteiger partial charge on any atom is -0.356 e. The number of rotatable bonds is 1. The van der Waals surface area contributed by atoms with Crippen LogP contribution in [0.5, 0.6) is 0 Å². The minimum atomic E-state index is -0.155. The zero-order valence-electron chi connectivity index (χ0n) is 9.31. The Bertz CT molecular complexity index is 524. The molecule has 0 aliphatic carbocycles. The molecule has 1 aromatic heterocycles. The number of benzene rings is 1. The molecule has 2 heterocycles. The maximum Gasteiger partial charge on any atom is 0.147 e. The topological polar surface area (TPSA) is 27.8 Å². The van der Waals surface area contributed by atoms with E-state index in [1.165, 1.54) is 11.6 Å². The van der Waals surface area contributed by atoms with Gasteiger partial charge in [-0.15, -0.1) is 0 Å². The predicted octanol–water partition coefficient (Wildman–Crippen LogP) is 2.69. The van der Waals surface area contributed by atoms with Gasteiger partial charge in [0.2, 0.25) is 0 Å². The van der Waals surface area contributed by atoms with E-state index in [-0.39, 0.29) is 5.82 Å². The van der Waals surface area contributed by atoms with Crippen molar-refractivity contribution < 1.29 is 4.39 Å². The van der Waals surface area contributed by atoms with Gasteiger partial charge >= 0.3 is 0 Å². The number of hydrogen-bond donors (Lipinski definition) is 2. The first-order chi connectivity index (χ1) is 7.77. The normalized spacial score (nSPS) is 20.8. The van der Waals surface area contributed by atoms with Crippen LogP contribution in [0.3, 0.4) is 0 Å². The molecule has 1 fully saturated rings. The van der Waals surface area contributed by atoms with E-state index in [1.807, 2.05) is 13.0 Å². The average molecular weight is 218 g/mol. The molecule has 1 aliphatic heterocycles. The molecule has 0 bridgehead atoms. The summed E-state index contributed by atoms with van der Waals surface area (Å²) >= 11 is 0. The summed E-state index contributed by atoms with van der Waals surface area (Å²) in [6, 6.07) is 5.31. The van der Waals surface area contributed by atoms with Gasteiger partial charge in [0.1, 0.15) is 5.82 Å². The van der Waals surface area contributed by atoms with Crippen LogP contribution >= 0.6 is 0 Å². The van der Waals surface area contributed by atoms with Crippen molar-refractivity contribution in [2.75, 3.05) is 13.1 Å². The molecule has 0 radical (unpaired) electrons. The molecule has 1 aromatic carbocycles. The van der Waals surface area contributed by atoms with Crippen molar-refractivity contribution in [2.24, 2.45) is 0 Å². The van der Waals surface area contributed by atoms with Gasteiger partial charge in [-0.05, 0) is 37.4 Å². The van der Waals surface area contributed by atoms with Gasteiger partial charge in [0, 0.05) is 17.6 Å². The summed E-state index contributed by atoms with van der Waals surface area (Å²) in [4.78, 5) is 3.17. The molecule has 2 N–H and O–H groups in total. The highest BCUT2D eigenvalue weighted by Gasteiger charge is 2.22. The SMILES string of the molecule is Cc1[nH]c2c(F)cccc2c1C1CCNC1. The number of para-hydroxylation sites is 1. The number of hydrogen-bond acceptors (Lipinski definition) is 1. The van der Waals surface area contributed by atoms with Crippen molar-refractivity contribution in [1.82, 2.24) is 10.3 Å². The Morgan fingerprint density at radius 2 is 2.25 bits per heavy atom. The van der Waals surface area contributed by atoms with Gasteiger partial charge in [-0.2, -0.15) is 0 Å². The fourth-order valence-corrected chi connectivity index (χ4v) is 2.76.